The fraction of sp³-hybridized carbons (Fsp3) is 0.500. The van der Waals surface area contributed by atoms with Crippen molar-refractivity contribution in [3.63, 3.8) is 0 Å². The first-order valence-corrected chi connectivity index (χ1v) is 21.4. The van der Waals surface area contributed by atoms with E-state index in [0.29, 0.717) is 51.4 Å². The summed E-state index contributed by atoms with van der Waals surface area (Å²) in [4.78, 5) is 58.2. The monoisotopic (exact) mass is 822 g/mol. The Balaban J connectivity index is 1.22. The average Bonchev–Trinajstić information content (AvgIpc) is 4.03. The van der Waals surface area contributed by atoms with Gasteiger partial charge in [-0.15, -0.1) is 0 Å². The summed E-state index contributed by atoms with van der Waals surface area (Å²) in [5.41, 5.74) is 4.46. The number of carboxylic acids is 1. The first kappa shape index (κ1) is 44.2. The Morgan fingerprint density at radius 1 is 0.917 bits per heavy atom. The Hall–Kier alpha value is -5.36. The number of carbonyl (C=O) groups excluding carboxylic acids is 3. The van der Waals surface area contributed by atoms with Crippen LogP contribution in [0.25, 0.3) is 22.0 Å². The highest BCUT2D eigenvalue weighted by atomic mass is 16.6. The van der Waals surface area contributed by atoms with E-state index in [4.69, 9.17) is 14.2 Å². The molecule has 2 fully saturated rings. The fourth-order valence-corrected chi connectivity index (χ4v) is 8.12. The van der Waals surface area contributed by atoms with Crippen molar-refractivity contribution < 1.29 is 38.5 Å². The SMILES string of the molecule is CCN(C[C@H](C(=O)N(Cc1cn(CCCOC)c2ccccc12)C1CC1)[C@H](C)c1cccc(-c2ccc(OCC(=O)N3CCC(C(=O)O)CC3)cc2)c1)C(=O)OC(C)(C)C. The molecule has 12 nitrogen and oxygen atoms in total. The van der Waals surface area contributed by atoms with E-state index in [1.165, 1.54) is 0 Å². The van der Waals surface area contributed by atoms with Crippen LogP contribution in [0.5, 0.6) is 5.75 Å². The van der Waals surface area contributed by atoms with Crippen LogP contribution in [0.1, 0.15) is 83.8 Å². The van der Waals surface area contributed by atoms with Gasteiger partial charge in [0.1, 0.15) is 11.4 Å². The number of amides is 3. The Bertz CT molecular complexity index is 2090. The third-order valence-electron chi connectivity index (χ3n) is 11.8. The zero-order valence-electron chi connectivity index (χ0n) is 36.1. The highest BCUT2D eigenvalue weighted by molar-refractivity contribution is 5.86. The Morgan fingerprint density at radius 2 is 1.63 bits per heavy atom. The molecular formula is C48H62N4O8. The van der Waals surface area contributed by atoms with Gasteiger partial charge in [-0.1, -0.05) is 61.5 Å². The van der Waals surface area contributed by atoms with Crippen molar-refractivity contribution >= 4 is 34.8 Å². The minimum absolute atomic E-state index is 0.0240. The minimum atomic E-state index is -0.811. The van der Waals surface area contributed by atoms with E-state index >= 15 is 4.79 Å². The second-order valence-corrected chi connectivity index (χ2v) is 17.3. The number of aryl methyl sites for hydroxylation is 1. The summed E-state index contributed by atoms with van der Waals surface area (Å²) in [6.45, 7) is 12.8. The van der Waals surface area contributed by atoms with Gasteiger partial charge in [0.15, 0.2) is 6.61 Å². The second-order valence-electron chi connectivity index (χ2n) is 17.3. The molecule has 2 heterocycles. The van der Waals surface area contributed by atoms with Gasteiger partial charge in [-0.2, -0.15) is 0 Å². The number of aromatic nitrogens is 1. The lowest BCUT2D eigenvalue weighted by Gasteiger charge is -2.35. The van der Waals surface area contributed by atoms with Crippen LogP contribution in [0.4, 0.5) is 4.79 Å². The summed E-state index contributed by atoms with van der Waals surface area (Å²) in [5, 5.41) is 10.4. The first-order valence-electron chi connectivity index (χ1n) is 21.4. The number of hydrogen-bond acceptors (Lipinski definition) is 7. The third kappa shape index (κ3) is 11.3. The number of methoxy groups -OCH3 is 1. The van der Waals surface area contributed by atoms with Crippen molar-refractivity contribution in [2.75, 3.05) is 46.5 Å². The molecule has 1 saturated carbocycles. The van der Waals surface area contributed by atoms with E-state index in [2.05, 4.69) is 46.9 Å². The summed E-state index contributed by atoms with van der Waals surface area (Å²) in [7, 11) is 1.72. The molecule has 322 valence electrons. The number of carboxylic acid groups (broad SMARTS) is 1. The maximum atomic E-state index is 15.2. The van der Waals surface area contributed by atoms with E-state index in [1.54, 1.807) is 16.9 Å². The molecule has 4 aromatic rings. The van der Waals surface area contributed by atoms with Crippen molar-refractivity contribution in [2.24, 2.45) is 11.8 Å². The molecule has 1 aliphatic heterocycles. The molecular weight excluding hydrogens is 761 g/mol. The van der Waals surface area contributed by atoms with Gasteiger partial charge in [-0.05, 0) is 106 Å². The summed E-state index contributed by atoms with van der Waals surface area (Å²) in [5.74, 6) is -1.59. The molecule has 2 aliphatic rings. The van der Waals surface area contributed by atoms with Crippen LogP contribution in [0.15, 0.2) is 79.0 Å². The van der Waals surface area contributed by atoms with E-state index in [-0.39, 0.29) is 36.9 Å². The Morgan fingerprint density at radius 3 is 2.28 bits per heavy atom. The predicted octanol–water partition coefficient (Wildman–Crippen LogP) is 8.21. The summed E-state index contributed by atoms with van der Waals surface area (Å²) in [6, 6.07) is 24.3. The molecule has 1 aliphatic carbocycles. The largest absolute Gasteiger partial charge is 0.484 e. The molecule has 12 heteroatoms. The van der Waals surface area contributed by atoms with Crippen LogP contribution >= 0.6 is 0 Å². The van der Waals surface area contributed by atoms with Crippen LogP contribution in [0.2, 0.25) is 0 Å². The number of carbonyl (C=O) groups is 4. The van der Waals surface area contributed by atoms with Crippen molar-refractivity contribution in [2.45, 2.75) is 97.4 Å². The summed E-state index contributed by atoms with van der Waals surface area (Å²) >= 11 is 0. The molecule has 1 saturated heterocycles. The number of likely N-dealkylation sites (tertiary alicyclic amines) is 1. The van der Waals surface area contributed by atoms with E-state index < -0.39 is 29.5 Å². The standard InChI is InChI=1S/C48H62N4O8/c1-7-49(47(57)60-48(3,4)5)31-42(45(54)52(39-18-19-39)30-38-29-51(24-11-27-58-6)43-15-9-8-14-41(38)43)33(2)36-12-10-13-37(28-36)34-16-20-40(21-17-34)59-32-44(53)50-25-22-35(23-26-50)46(55)56/h8-10,12-17,20-21,28-29,33,35,39,42H,7,11,18-19,22-27,30-32H2,1-6H3,(H,55,56)/t33-,42+/m1/s1. The molecule has 3 aromatic carbocycles. The number of hydrogen-bond donors (Lipinski definition) is 1. The van der Waals surface area contributed by atoms with Gasteiger partial charge in [0, 0.05) is 76.1 Å². The maximum absolute atomic E-state index is 15.2. The van der Waals surface area contributed by atoms with Gasteiger partial charge in [0.2, 0.25) is 5.91 Å². The molecule has 1 N–H and O–H groups in total. The highest BCUT2D eigenvalue weighted by Crippen LogP contribution is 2.37. The molecule has 3 amide bonds. The van der Waals surface area contributed by atoms with Gasteiger partial charge in [0.25, 0.3) is 5.91 Å². The topological polar surface area (TPSA) is 131 Å². The van der Waals surface area contributed by atoms with Gasteiger partial charge in [-0.3, -0.25) is 14.4 Å². The van der Waals surface area contributed by atoms with Crippen LogP contribution in [-0.2, 0) is 36.9 Å². The van der Waals surface area contributed by atoms with Crippen LogP contribution in [0, 0.1) is 11.8 Å². The molecule has 0 unspecified atom stereocenters. The smallest absolute Gasteiger partial charge is 0.410 e. The van der Waals surface area contributed by atoms with Gasteiger partial charge < -0.3 is 38.6 Å². The number of rotatable bonds is 18. The zero-order chi connectivity index (χ0) is 43.0. The number of para-hydroxylation sites is 1. The number of aliphatic carboxylic acids is 1. The molecule has 1 aromatic heterocycles. The number of benzene rings is 3. The molecule has 0 spiro atoms. The van der Waals surface area contributed by atoms with Crippen molar-refractivity contribution in [3.8, 4) is 16.9 Å². The van der Waals surface area contributed by atoms with Crippen molar-refractivity contribution in [1.82, 2.24) is 19.3 Å². The normalized spacial score (nSPS) is 15.7. The predicted molar refractivity (Wildman–Crippen MR) is 232 cm³/mol. The molecule has 0 radical (unpaired) electrons. The van der Waals surface area contributed by atoms with Gasteiger partial charge in [-0.25, -0.2) is 4.79 Å². The van der Waals surface area contributed by atoms with Gasteiger partial charge in [0.05, 0.1) is 11.8 Å². The molecule has 2 atom stereocenters. The van der Waals surface area contributed by atoms with Crippen molar-refractivity contribution in [1.29, 1.82) is 0 Å². The second kappa shape index (κ2) is 19.8. The Labute approximate surface area is 354 Å². The van der Waals surface area contributed by atoms with Crippen LogP contribution in [-0.4, -0.2) is 106 Å². The minimum Gasteiger partial charge on any atom is -0.484 e. The Kier molecular flexibility index (Phi) is 14.6. The van der Waals surface area contributed by atoms with E-state index in [9.17, 15) is 19.5 Å². The summed E-state index contributed by atoms with van der Waals surface area (Å²) in [6.07, 6.45) is 5.41. The number of fused-ring (bicyclic) bond motifs is 1. The molecule has 60 heavy (non-hydrogen) atoms. The summed E-state index contributed by atoms with van der Waals surface area (Å²) < 4.78 is 19.3. The lowest BCUT2D eigenvalue weighted by atomic mass is 9.84. The molecule has 0 bridgehead atoms. The van der Waals surface area contributed by atoms with Crippen molar-refractivity contribution in [3.05, 3.63) is 90.1 Å². The highest BCUT2D eigenvalue weighted by Gasteiger charge is 2.40. The van der Waals surface area contributed by atoms with Crippen LogP contribution < -0.4 is 4.74 Å². The fourth-order valence-electron chi connectivity index (χ4n) is 8.12. The van der Waals surface area contributed by atoms with Crippen LogP contribution in [0.3, 0.4) is 0 Å². The molecule has 6 rings (SSSR count). The third-order valence-corrected chi connectivity index (χ3v) is 11.8. The number of nitrogens with zero attached hydrogens (tertiary/aromatic N) is 4. The lowest BCUT2D eigenvalue weighted by molar-refractivity contribution is -0.146. The van der Waals surface area contributed by atoms with Gasteiger partial charge >= 0.3 is 12.1 Å². The van der Waals surface area contributed by atoms with E-state index in [0.717, 1.165) is 59.0 Å². The number of ether oxygens (including phenoxy) is 3. The van der Waals surface area contributed by atoms with E-state index in [1.807, 2.05) is 76.2 Å². The quantitative estimate of drug-likeness (QED) is 0.0995. The average molecular weight is 823 g/mol. The number of piperidine rings is 1. The maximum Gasteiger partial charge on any atom is 0.410 e. The zero-order valence-corrected chi connectivity index (χ0v) is 36.1. The lowest BCUT2D eigenvalue weighted by Crippen LogP contribution is -2.47. The first-order chi connectivity index (χ1) is 28.8.